The van der Waals surface area contributed by atoms with E-state index >= 15 is 0 Å². The van der Waals surface area contributed by atoms with Gasteiger partial charge in [0.15, 0.2) is 0 Å². The van der Waals surface area contributed by atoms with Crippen LogP contribution in [-0.4, -0.2) is 17.6 Å². The summed E-state index contributed by atoms with van der Waals surface area (Å²) in [5.41, 5.74) is 21.1. The Morgan fingerprint density at radius 2 is 1.83 bits per heavy atom. The number of benzene rings is 1. The Morgan fingerprint density at radius 1 is 1.20 bits per heavy atom. The number of unbranched alkanes of at least 4 members (excludes halogenated alkanes) is 1. The van der Waals surface area contributed by atoms with Crippen LogP contribution in [0.2, 0.25) is 0 Å². The van der Waals surface area contributed by atoms with Crippen molar-refractivity contribution in [3.05, 3.63) is 59.7 Å². The van der Waals surface area contributed by atoms with Crippen LogP contribution in [-0.2, 0) is 0 Å². The number of rotatable bonds is 9. The van der Waals surface area contributed by atoms with Crippen molar-refractivity contribution in [1.82, 2.24) is 10.3 Å². The zero-order valence-corrected chi connectivity index (χ0v) is 18.5. The molecular weight excluding hydrogens is 372 g/mol. The third-order valence-corrected chi connectivity index (χ3v) is 4.87. The van der Waals surface area contributed by atoms with Crippen LogP contribution >= 0.6 is 0 Å². The quantitative estimate of drug-likeness (QED) is 0.450. The molecule has 0 amide bonds. The molecule has 2 rings (SSSR count). The molecule has 0 radical (unpaired) electrons. The van der Waals surface area contributed by atoms with E-state index in [0.717, 1.165) is 30.5 Å². The summed E-state index contributed by atoms with van der Waals surface area (Å²) in [5.74, 6) is 0.642. The van der Waals surface area contributed by atoms with Gasteiger partial charge in [0.05, 0.1) is 17.3 Å². The summed E-state index contributed by atoms with van der Waals surface area (Å²) in [5, 5.41) is 12.6. The van der Waals surface area contributed by atoms with E-state index in [1.54, 1.807) is 12.1 Å². The summed E-state index contributed by atoms with van der Waals surface area (Å²) in [4.78, 5) is 4.05. The summed E-state index contributed by atoms with van der Waals surface area (Å²) in [6.07, 6.45) is 6.17. The van der Waals surface area contributed by atoms with Gasteiger partial charge >= 0.3 is 0 Å². The fourth-order valence-corrected chi connectivity index (χ4v) is 3.28. The molecule has 0 spiro atoms. The van der Waals surface area contributed by atoms with E-state index in [0.29, 0.717) is 23.1 Å². The first-order chi connectivity index (χ1) is 14.4. The van der Waals surface area contributed by atoms with Crippen LogP contribution in [0, 0.1) is 11.3 Å². The Kier molecular flexibility index (Phi) is 11.0. The lowest BCUT2D eigenvalue weighted by molar-refractivity contribution is 0.481. The SMILES string of the molecule is C=CC.CCCCC(C)NCCC(c1ccc(C#N)cc1)c1cc(N)nc(N)c1N. The van der Waals surface area contributed by atoms with Gasteiger partial charge in [-0.1, -0.05) is 38.0 Å². The maximum absolute atomic E-state index is 9.05. The number of anilines is 3. The Balaban J connectivity index is 0.00000141. The first-order valence-corrected chi connectivity index (χ1v) is 10.5. The van der Waals surface area contributed by atoms with Crippen LogP contribution in [0.1, 0.15) is 69.1 Å². The van der Waals surface area contributed by atoms with Gasteiger partial charge in [-0.2, -0.15) is 5.26 Å². The minimum absolute atomic E-state index is 0.0243. The topological polar surface area (TPSA) is 127 Å². The van der Waals surface area contributed by atoms with E-state index in [1.807, 2.05) is 31.2 Å². The fourth-order valence-electron chi connectivity index (χ4n) is 3.28. The van der Waals surface area contributed by atoms with Crippen LogP contribution in [0.3, 0.4) is 0 Å². The average Bonchev–Trinajstić information content (AvgIpc) is 2.73. The van der Waals surface area contributed by atoms with E-state index < -0.39 is 0 Å². The van der Waals surface area contributed by atoms with Crippen LogP contribution in [0.15, 0.2) is 43.0 Å². The molecule has 0 aliphatic carbocycles. The van der Waals surface area contributed by atoms with Gasteiger partial charge in [-0.05, 0) is 62.6 Å². The maximum atomic E-state index is 9.05. The molecule has 0 bridgehead atoms. The average molecular weight is 409 g/mol. The molecule has 0 saturated heterocycles. The van der Waals surface area contributed by atoms with Crippen molar-refractivity contribution in [1.29, 1.82) is 5.26 Å². The number of pyridine rings is 1. The second-order valence-electron chi connectivity index (χ2n) is 7.42. The third kappa shape index (κ3) is 7.76. The fraction of sp³-hybridized carbons (Fsp3) is 0.417. The molecule has 6 nitrogen and oxygen atoms in total. The molecule has 6 heteroatoms. The first kappa shape index (κ1) is 25.0. The largest absolute Gasteiger partial charge is 0.396 e. The van der Waals surface area contributed by atoms with Gasteiger partial charge in [0.1, 0.15) is 11.6 Å². The highest BCUT2D eigenvalue weighted by Crippen LogP contribution is 2.35. The Morgan fingerprint density at radius 3 is 2.40 bits per heavy atom. The summed E-state index contributed by atoms with van der Waals surface area (Å²) in [7, 11) is 0. The summed E-state index contributed by atoms with van der Waals surface area (Å²) >= 11 is 0. The van der Waals surface area contributed by atoms with Crippen molar-refractivity contribution in [3.8, 4) is 6.07 Å². The molecule has 2 atom stereocenters. The molecule has 2 unspecified atom stereocenters. The lowest BCUT2D eigenvalue weighted by Crippen LogP contribution is -2.28. The highest BCUT2D eigenvalue weighted by atomic mass is 14.9. The molecule has 162 valence electrons. The van der Waals surface area contributed by atoms with Gasteiger partial charge in [0.2, 0.25) is 0 Å². The minimum atomic E-state index is 0.0243. The van der Waals surface area contributed by atoms with Gasteiger partial charge in [0, 0.05) is 12.0 Å². The zero-order chi connectivity index (χ0) is 22.5. The van der Waals surface area contributed by atoms with Gasteiger partial charge in [-0.25, -0.2) is 4.98 Å². The lowest BCUT2D eigenvalue weighted by atomic mass is 9.87. The van der Waals surface area contributed by atoms with E-state index in [2.05, 4.69) is 36.8 Å². The number of nitriles is 1. The Hall–Kier alpha value is -3.04. The standard InChI is InChI=1S/C21H30N6.C3H6/c1-3-4-5-14(2)26-11-10-17(16-8-6-15(13-22)7-9-16)18-12-19(23)27-21(25)20(18)24;1-3-2/h6-9,12,14,17,26H,3-5,10-11,24H2,1-2H3,(H4,23,25,27);3H,1H2,2H3. The Labute approximate surface area is 181 Å². The monoisotopic (exact) mass is 408 g/mol. The number of nitrogens with zero attached hydrogens (tertiary/aromatic N) is 2. The van der Waals surface area contributed by atoms with Crippen LogP contribution in [0.5, 0.6) is 0 Å². The van der Waals surface area contributed by atoms with Crippen molar-refractivity contribution >= 4 is 17.3 Å². The molecule has 1 heterocycles. The molecule has 0 aliphatic rings. The van der Waals surface area contributed by atoms with Crippen molar-refractivity contribution < 1.29 is 0 Å². The number of nitrogens with one attached hydrogen (secondary N) is 1. The molecule has 0 saturated carbocycles. The van der Waals surface area contributed by atoms with Crippen molar-refractivity contribution in [2.75, 3.05) is 23.7 Å². The van der Waals surface area contributed by atoms with Crippen LogP contribution in [0.4, 0.5) is 17.3 Å². The second kappa shape index (κ2) is 13.2. The normalized spacial score (nSPS) is 12.2. The van der Waals surface area contributed by atoms with Crippen molar-refractivity contribution in [3.63, 3.8) is 0 Å². The molecule has 30 heavy (non-hydrogen) atoms. The van der Waals surface area contributed by atoms with Gasteiger partial charge in [-0.3, -0.25) is 0 Å². The second-order valence-corrected chi connectivity index (χ2v) is 7.42. The maximum Gasteiger partial charge on any atom is 0.149 e. The predicted octanol–water partition coefficient (Wildman–Crippen LogP) is 4.58. The summed E-state index contributed by atoms with van der Waals surface area (Å²) < 4.78 is 0. The van der Waals surface area contributed by atoms with Gasteiger partial charge < -0.3 is 22.5 Å². The molecule has 2 aromatic rings. The zero-order valence-electron chi connectivity index (χ0n) is 18.5. The Bertz CT molecular complexity index is 823. The van der Waals surface area contributed by atoms with Gasteiger partial charge in [0.25, 0.3) is 0 Å². The molecule has 1 aromatic carbocycles. The third-order valence-electron chi connectivity index (χ3n) is 4.87. The molecule has 0 fully saturated rings. The van der Waals surface area contributed by atoms with Crippen LogP contribution < -0.4 is 22.5 Å². The highest BCUT2D eigenvalue weighted by molar-refractivity contribution is 5.68. The van der Waals surface area contributed by atoms with Gasteiger partial charge in [-0.15, -0.1) is 6.58 Å². The van der Waals surface area contributed by atoms with E-state index in [9.17, 15) is 0 Å². The summed E-state index contributed by atoms with van der Waals surface area (Å²) in [6.45, 7) is 10.5. The number of aromatic nitrogens is 1. The molecule has 0 aliphatic heterocycles. The number of hydrogen-bond acceptors (Lipinski definition) is 6. The summed E-state index contributed by atoms with van der Waals surface area (Å²) in [6, 6.07) is 12.0. The van der Waals surface area contributed by atoms with E-state index in [1.165, 1.54) is 12.8 Å². The molecule has 1 aromatic heterocycles. The van der Waals surface area contributed by atoms with E-state index in [-0.39, 0.29) is 11.7 Å². The molecular formula is C24H36N6. The molecule has 7 N–H and O–H groups in total. The smallest absolute Gasteiger partial charge is 0.149 e. The van der Waals surface area contributed by atoms with Crippen molar-refractivity contribution in [2.24, 2.45) is 0 Å². The predicted molar refractivity (Wildman–Crippen MR) is 128 cm³/mol. The minimum Gasteiger partial charge on any atom is -0.396 e. The van der Waals surface area contributed by atoms with Crippen molar-refractivity contribution in [2.45, 2.75) is 58.4 Å². The number of allylic oxidation sites excluding steroid dienone is 1. The number of nitrogens with two attached hydrogens (primary N) is 3. The van der Waals surface area contributed by atoms with Crippen LogP contribution in [0.25, 0.3) is 0 Å². The number of hydrogen-bond donors (Lipinski definition) is 4. The highest BCUT2D eigenvalue weighted by Gasteiger charge is 2.20. The lowest BCUT2D eigenvalue weighted by Gasteiger charge is -2.22. The van der Waals surface area contributed by atoms with E-state index in [4.69, 9.17) is 22.5 Å². The number of nitrogen functional groups attached to an aromatic ring is 3. The first-order valence-electron chi connectivity index (χ1n) is 10.5.